The summed E-state index contributed by atoms with van der Waals surface area (Å²) in [6.07, 6.45) is 6.55. The zero-order chi connectivity index (χ0) is 14.4. The summed E-state index contributed by atoms with van der Waals surface area (Å²) in [6, 6.07) is 6.39. The Morgan fingerprint density at radius 3 is 3.00 bits per heavy atom. The molecule has 0 saturated carbocycles. The molecule has 0 aliphatic heterocycles. The summed E-state index contributed by atoms with van der Waals surface area (Å²) in [5.41, 5.74) is 1.17. The van der Waals surface area contributed by atoms with Crippen molar-refractivity contribution in [2.24, 2.45) is 0 Å². The lowest BCUT2D eigenvalue weighted by Gasteiger charge is -2.17. The molecule has 108 valence electrons. The second-order valence-corrected chi connectivity index (χ2v) is 5.61. The van der Waals surface area contributed by atoms with E-state index in [4.69, 9.17) is 4.74 Å². The zero-order valence-corrected chi connectivity index (χ0v) is 13.4. The molecule has 5 heteroatoms. The van der Waals surface area contributed by atoms with Crippen molar-refractivity contribution in [1.82, 2.24) is 14.9 Å². The Morgan fingerprint density at radius 2 is 2.30 bits per heavy atom. The Bertz CT molecular complexity index is 528. The molecule has 1 N–H and O–H groups in total. The number of benzene rings is 1. The lowest BCUT2D eigenvalue weighted by molar-refractivity contribution is 0.296. The molecule has 2 rings (SSSR count). The van der Waals surface area contributed by atoms with Crippen molar-refractivity contribution >= 4 is 15.9 Å². The number of hydrogen-bond donors (Lipinski definition) is 1. The minimum absolute atomic E-state index is 0.260. The fraction of sp³-hybridized carbons (Fsp3) is 0.400. The van der Waals surface area contributed by atoms with Crippen molar-refractivity contribution in [3.63, 3.8) is 0 Å². The number of imidazole rings is 1. The SMILES string of the molecule is CNC(C)c1cc(Br)ccc1OCCCn1ccnc1. The van der Waals surface area contributed by atoms with Gasteiger partial charge in [0.15, 0.2) is 0 Å². The second kappa shape index (κ2) is 7.45. The highest BCUT2D eigenvalue weighted by atomic mass is 79.9. The molecule has 1 aromatic carbocycles. The topological polar surface area (TPSA) is 39.1 Å². The van der Waals surface area contributed by atoms with Gasteiger partial charge in [0.1, 0.15) is 5.75 Å². The molecule has 0 saturated heterocycles. The molecule has 0 spiro atoms. The van der Waals surface area contributed by atoms with Crippen LogP contribution in [0.25, 0.3) is 0 Å². The van der Waals surface area contributed by atoms with Crippen molar-refractivity contribution in [2.75, 3.05) is 13.7 Å². The molecule has 1 aromatic heterocycles. The number of nitrogens with one attached hydrogen (secondary N) is 1. The first-order valence-electron chi connectivity index (χ1n) is 6.76. The van der Waals surface area contributed by atoms with Gasteiger partial charge in [0, 0.05) is 35.0 Å². The van der Waals surface area contributed by atoms with Crippen LogP contribution in [-0.2, 0) is 6.54 Å². The maximum absolute atomic E-state index is 5.92. The van der Waals surface area contributed by atoms with Crippen LogP contribution in [0.1, 0.15) is 24.9 Å². The van der Waals surface area contributed by atoms with Gasteiger partial charge in [0.25, 0.3) is 0 Å². The van der Waals surface area contributed by atoms with Gasteiger partial charge in [-0.25, -0.2) is 4.98 Å². The number of halogens is 1. The van der Waals surface area contributed by atoms with E-state index in [1.807, 2.05) is 31.7 Å². The monoisotopic (exact) mass is 337 g/mol. The Kier molecular flexibility index (Phi) is 5.61. The van der Waals surface area contributed by atoms with Gasteiger partial charge in [-0.1, -0.05) is 15.9 Å². The quantitative estimate of drug-likeness (QED) is 0.787. The molecule has 2 aromatic rings. The van der Waals surface area contributed by atoms with E-state index in [0.717, 1.165) is 23.2 Å². The van der Waals surface area contributed by atoms with Crippen molar-refractivity contribution < 1.29 is 4.74 Å². The molecular formula is C15H20BrN3O. The molecule has 20 heavy (non-hydrogen) atoms. The average Bonchev–Trinajstić information content (AvgIpc) is 2.97. The molecular weight excluding hydrogens is 318 g/mol. The van der Waals surface area contributed by atoms with Crippen molar-refractivity contribution in [2.45, 2.75) is 25.9 Å². The minimum Gasteiger partial charge on any atom is -0.493 e. The van der Waals surface area contributed by atoms with Gasteiger partial charge in [-0.15, -0.1) is 0 Å². The number of ether oxygens (including phenoxy) is 1. The van der Waals surface area contributed by atoms with E-state index >= 15 is 0 Å². The van der Waals surface area contributed by atoms with E-state index < -0.39 is 0 Å². The fourth-order valence-corrected chi connectivity index (χ4v) is 2.37. The first kappa shape index (κ1) is 15.1. The van der Waals surface area contributed by atoms with E-state index in [1.54, 1.807) is 6.20 Å². The molecule has 0 fully saturated rings. The summed E-state index contributed by atoms with van der Waals surface area (Å²) in [5.74, 6) is 0.945. The summed E-state index contributed by atoms with van der Waals surface area (Å²) < 4.78 is 9.05. The van der Waals surface area contributed by atoms with Gasteiger partial charge in [-0.3, -0.25) is 0 Å². The molecule has 1 atom stereocenters. The molecule has 0 radical (unpaired) electrons. The van der Waals surface area contributed by atoms with Crippen molar-refractivity contribution in [1.29, 1.82) is 0 Å². The third-order valence-electron chi connectivity index (χ3n) is 3.25. The number of nitrogens with zero attached hydrogens (tertiary/aromatic N) is 2. The van der Waals surface area contributed by atoms with Crippen molar-refractivity contribution in [3.05, 3.63) is 47.0 Å². The highest BCUT2D eigenvalue weighted by molar-refractivity contribution is 9.10. The minimum atomic E-state index is 0.260. The molecule has 1 heterocycles. The smallest absolute Gasteiger partial charge is 0.124 e. The van der Waals surface area contributed by atoms with Crippen LogP contribution in [-0.4, -0.2) is 23.2 Å². The van der Waals surface area contributed by atoms with Gasteiger partial charge in [0.2, 0.25) is 0 Å². The second-order valence-electron chi connectivity index (χ2n) is 4.70. The summed E-state index contributed by atoms with van der Waals surface area (Å²) >= 11 is 3.51. The molecule has 1 unspecified atom stereocenters. The largest absolute Gasteiger partial charge is 0.493 e. The molecule has 0 aliphatic rings. The van der Waals surface area contributed by atoms with E-state index in [2.05, 4.69) is 43.8 Å². The van der Waals surface area contributed by atoms with Crippen LogP contribution in [0, 0.1) is 0 Å². The lowest BCUT2D eigenvalue weighted by Crippen LogP contribution is -2.14. The van der Waals surface area contributed by atoms with Crippen LogP contribution < -0.4 is 10.1 Å². The van der Waals surface area contributed by atoms with E-state index in [1.165, 1.54) is 5.56 Å². The van der Waals surface area contributed by atoms with Crippen LogP contribution in [0.5, 0.6) is 5.75 Å². The Hall–Kier alpha value is -1.33. The molecule has 4 nitrogen and oxygen atoms in total. The third-order valence-corrected chi connectivity index (χ3v) is 3.74. The summed E-state index contributed by atoms with van der Waals surface area (Å²) in [4.78, 5) is 4.03. The van der Waals surface area contributed by atoms with Crippen LogP contribution in [0.2, 0.25) is 0 Å². The standard InChI is InChI=1S/C15H20BrN3O/c1-12(17-2)14-10-13(16)4-5-15(14)20-9-3-7-19-8-6-18-11-19/h4-6,8,10-12,17H,3,7,9H2,1-2H3. The Labute approximate surface area is 128 Å². The van der Waals surface area contributed by atoms with Gasteiger partial charge >= 0.3 is 0 Å². The summed E-state index contributed by atoms with van der Waals surface area (Å²) in [6.45, 7) is 3.75. The van der Waals surface area contributed by atoms with Crippen molar-refractivity contribution in [3.8, 4) is 5.75 Å². The van der Waals surface area contributed by atoms with Crippen LogP contribution >= 0.6 is 15.9 Å². The number of hydrogen-bond acceptors (Lipinski definition) is 3. The number of aryl methyl sites for hydroxylation is 1. The predicted octanol–water partition coefficient (Wildman–Crippen LogP) is 3.40. The fourth-order valence-electron chi connectivity index (χ4n) is 1.99. The number of aromatic nitrogens is 2. The average molecular weight is 338 g/mol. The van der Waals surface area contributed by atoms with Crippen LogP contribution in [0.3, 0.4) is 0 Å². The first-order chi connectivity index (χ1) is 9.70. The van der Waals surface area contributed by atoms with E-state index in [0.29, 0.717) is 6.61 Å². The van der Waals surface area contributed by atoms with Crippen LogP contribution in [0.15, 0.2) is 41.4 Å². The first-order valence-corrected chi connectivity index (χ1v) is 7.55. The van der Waals surface area contributed by atoms with E-state index in [9.17, 15) is 0 Å². The highest BCUT2D eigenvalue weighted by Crippen LogP contribution is 2.28. The van der Waals surface area contributed by atoms with Gasteiger partial charge in [0.05, 0.1) is 12.9 Å². The maximum Gasteiger partial charge on any atom is 0.124 e. The Balaban J connectivity index is 1.91. The van der Waals surface area contributed by atoms with E-state index in [-0.39, 0.29) is 6.04 Å². The summed E-state index contributed by atoms with van der Waals surface area (Å²) in [7, 11) is 1.95. The van der Waals surface area contributed by atoms with Gasteiger partial charge < -0.3 is 14.6 Å². The lowest BCUT2D eigenvalue weighted by atomic mass is 10.1. The predicted molar refractivity (Wildman–Crippen MR) is 84.0 cm³/mol. The highest BCUT2D eigenvalue weighted by Gasteiger charge is 2.10. The molecule has 0 bridgehead atoms. The summed E-state index contributed by atoms with van der Waals surface area (Å²) in [5, 5.41) is 3.25. The van der Waals surface area contributed by atoms with Gasteiger partial charge in [-0.2, -0.15) is 0 Å². The van der Waals surface area contributed by atoms with Crippen LogP contribution in [0.4, 0.5) is 0 Å². The Morgan fingerprint density at radius 1 is 1.45 bits per heavy atom. The third kappa shape index (κ3) is 4.08. The zero-order valence-electron chi connectivity index (χ0n) is 11.8. The molecule has 0 aliphatic carbocycles. The number of rotatable bonds is 7. The maximum atomic E-state index is 5.92. The molecule has 0 amide bonds. The normalized spacial score (nSPS) is 12.3. The van der Waals surface area contributed by atoms with Gasteiger partial charge in [-0.05, 0) is 38.6 Å².